The van der Waals surface area contributed by atoms with E-state index < -0.39 is 0 Å². The lowest BCUT2D eigenvalue weighted by atomic mass is 10.2. The molecule has 0 saturated carbocycles. The van der Waals surface area contributed by atoms with Crippen molar-refractivity contribution in [3.05, 3.63) is 46.0 Å². The summed E-state index contributed by atoms with van der Waals surface area (Å²) in [4.78, 5) is 14.6. The van der Waals surface area contributed by atoms with Gasteiger partial charge in [0.15, 0.2) is 0 Å². The van der Waals surface area contributed by atoms with E-state index in [1.807, 2.05) is 17.5 Å². The van der Waals surface area contributed by atoms with Crippen LogP contribution in [0.25, 0.3) is 0 Å². The average Bonchev–Trinajstić information content (AvgIpc) is 3.06. The van der Waals surface area contributed by atoms with E-state index in [0.717, 1.165) is 11.3 Å². The molecule has 4 nitrogen and oxygen atoms in total. The van der Waals surface area contributed by atoms with Crippen LogP contribution in [-0.2, 0) is 6.54 Å². The lowest BCUT2D eigenvalue weighted by molar-refractivity contribution is 0.0780. The molecule has 5 heteroatoms. The van der Waals surface area contributed by atoms with Crippen molar-refractivity contribution in [3.63, 3.8) is 0 Å². The molecular weight excluding hydrogens is 260 g/mol. The fourth-order valence-corrected chi connectivity index (χ4v) is 2.44. The van der Waals surface area contributed by atoms with Crippen molar-refractivity contribution in [2.24, 2.45) is 5.73 Å². The molecule has 0 aliphatic carbocycles. The number of amides is 1. The van der Waals surface area contributed by atoms with E-state index in [1.165, 1.54) is 11.3 Å². The van der Waals surface area contributed by atoms with Crippen LogP contribution in [0.2, 0.25) is 0 Å². The van der Waals surface area contributed by atoms with E-state index in [-0.39, 0.29) is 12.5 Å². The summed E-state index contributed by atoms with van der Waals surface area (Å²) in [6.07, 6.45) is 1.59. The minimum Gasteiger partial charge on any atom is -0.467 e. The molecule has 98 valence electrons. The number of carbonyl (C=O) groups excluding carboxylic acids is 1. The molecule has 0 bridgehead atoms. The first kappa shape index (κ1) is 13.4. The lowest BCUT2D eigenvalue weighted by Crippen LogP contribution is -2.25. The summed E-state index contributed by atoms with van der Waals surface area (Å²) in [5.41, 5.74) is 6.07. The molecule has 0 aromatic carbocycles. The molecule has 0 aliphatic heterocycles. The second-order valence-corrected chi connectivity index (χ2v) is 4.83. The number of nitrogens with zero attached hydrogens (tertiary/aromatic N) is 1. The number of furan rings is 1. The van der Waals surface area contributed by atoms with Gasteiger partial charge in [-0.05, 0) is 23.6 Å². The molecule has 0 spiro atoms. The summed E-state index contributed by atoms with van der Waals surface area (Å²) in [7, 11) is 1.74. The molecule has 2 heterocycles. The first-order valence-electron chi connectivity index (χ1n) is 5.76. The maximum absolute atomic E-state index is 12.3. The van der Waals surface area contributed by atoms with E-state index in [9.17, 15) is 4.79 Å². The highest BCUT2D eigenvalue weighted by Crippen LogP contribution is 2.18. The zero-order chi connectivity index (χ0) is 13.7. The van der Waals surface area contributed by atoms with Crippen LogP contribution in [0.5, 0.6) is 0 Å². The van der Waals surface area contributed by atoms with Crippen molar-refractivity contribution in [2.75, 3.05) is 13.6 Å². The van der Waals surface area contributed by atoms with Crippen LogP contribution in [-0.4, -0.2) is 24.4 Å². The fourth-order valence-electron chi connectivity index (χ4n) is 1.60. The second kappa shape index (κ2) is 6.23. The normalized spacial score (nSPS) is 9.79. The largest absolute Gasteiger partial charge is 0.467 e. The molecule has 2 N–H and O–H groups in total. The predicted molar refractivity (Wildman–Crippen MR) is 74.8 cm³/mol. The van der Waals surface area contributed by atoms with Gasteiger partial charge in [-0.1, -0.05) is 11.8 Å². The summed E-state index contributed by atoms with van der Waals surface area (Å²) in [6, 6.07) is 5.48. The van der Waals surface area contributed by atoms with Gasteiger partial charge in [0, 0.05) is 12.6 Å². The molecule has 2 rings (SSSR count). The molecular formula is C14H14N2O2S. The zero-order valence-corrected chi connectivity index (χ0v) is 11.4. The van der Waals surface area contributed by atoms with Crippen LogP contribution in [0.3, 0.4) is 0 Å². The Morgan fingerprint density at radius 2 is 2.37 bits per heavy atom. The van der Waals surface area contributed by atoms with Crippen molar-refractivity contribution >= 4 is 17.2 Å². The highest BCUT2D eigenvalue weighted by molar-refractivity contribution is 7.12. The highest BCUT2D eigenvalue weighted by atomic mass is 32.1. The number of hydrogen-bond acceptors (Lipinski definition) is 4. The van der Waals surface area contributed by atoms with Gasteiger partial charge in [0.1, 0.15) is 10.6 Å². The number of nitrogens with two attached hydrogens (primary N) is 1. The lowest BCUT2D eigenvalue weighted by Gasteiger charge is -2.14. The Bertz CT molecular complexity index is 605. The molecule has 2 aromatic rings. The van der Waals surface area contributed by atoms with Crippen molar-refractivity contribution in [1.29, 1.82) is 0 Å². The molecule has 0 radical (unpaired) electrons. The molecule has 0 aliphatic rings. The molecule has 0 saturated heterocycles. The Balaban J connectivity index is 2.13. The molecule has 2 aromatic heterocycles. The van der Waals surface area contributed by atoms with E-state index in [4.69, 9.17) is 10.2 Å². The summed E-state index contributed by atoms with van der Waals surface area (Å²) in [6.45, 7) is 0.721. The first-order valence-corrected chi connectivity index (χ1v) is 6.64. The molecule has 0 atom stereocenters. The number of rotatable bonds is 3. The summed E-state index contributed by atoms with van der Waals surface area (Å²) >= 11 is 1.38. The maximum atomic E-state index is 12.3. The highest BCUT2D eigenvalue weighted by Gasteiger charge is 2.17. The Kier molecular flexibility index (Phi) is 4.39. The molecule has 0 unspecified atom stereocenters. The third kappa shape index (κ3) is 3.25. The third-order valence-corrected chi connectivity index (χ3v) is 3.41. The second-order valence-electron chi connectivity index (χ2n) is 3.91. The fraction of sp³-hybridized carbons (Fsp3) is 0.214. The quantitative estimate of drug-likeness (QED) is 0.870. The predicted octanol–water partition coefficient (Wildman–Crippen LogP) is 1.92. The van der Waals surface area contributed by atoms with Gasteiger partial charge in [0.05, 0.1) is 19.4 Å². The van der Waals surface area contributed by atoms with Crippen LogP contribution >= 0.6 is 11.3 Å². The Hall–Kier alpha value is -2.03. The van der Waals surface area contributed by atoms with Gasteiger partial charge in [-0.25, -0.2) is 0 Å². The van der Waals surface area contributed by atoms with Crippen LogP contribution in [0, 0.1) is 11.8 Å². The zero-order valence-electron chi connectivity index (χ0n) is 10.6. The number of hydrogen-bond donors (Lipinski definition) is 1. The maximum Gasteiger partial charge on any atom is 0.265 e. The van der Waals surface area contributed by atoms with Crippen LogP contribution < -0.4 is 5.73 Å². The van der Waals surface area contributed by atoms with E-state index in [0.29, 0.717) is 11.4 Å². The SMILES string of the molecule is CN(Cc1ccco1)C(=O)c1sccc1C#CCN. The standard InChI is InChI=1S/C14H14N2O2S/c1-16(10-12-5-3-8-18-12)14(17)13-11(4-2-7-15)6-9-19-13/h3,5-6,8-9H,7,10,15H2,1H3. The van der Waals surface area contributed by atoms with E-state index in [1.54, 1.807) is 24.3 Å². The van der Waals surface area contributed by atoms with E-state index >= 15 is 0 Å². The first-order chi connectivity index (χ1) is 9.22. The number of carbonyl (C=O) groups is 1. The summed E-state index contributed by atoms with van der Waals surface area (Å²) in [5, 5.41) is 1.86. The smallest absolute Gasteiger partial charge is 0.265 e. The van der Waals surface area contributed by atoms with Crippen LogP contribution in [0.15, 0.2) is 34.3 Å². The van der Waals surface area contributed by atoms with Crippen molar-refractivity contribution in [3.8, 4) is 11.8 Å². The van der Waals surface area contributed by atoms with Crippen molar-refractivity contribution < 1.29 is 9.21 Å². The minimum atomic E-state index is -0.0623. The number of thiophene rings is 1. The summed E-state index contributed by atoms with van der Waals surface area (Å²) in [5.74, 6) is 6.37. The monoisotopic (exact) mass is 274 g/mol. The van der Waals surface area contributed by atoms with Gasteiger partial charge < -0.3 is 15.1 Å². The van der Waals surface area contributed by atoms with Gasteiger partial charge in [-0.2, -0.15) is 0 Å². The molecule has 19 heavy (non-hydrogen) atoms. The van der Waals surface area contributed by atoms with Gasteiger partial charge in [0.25, 0.3) is 5.91 Å². The molecule has 0 fully saturated rings. The van der Waals surface area contributed by atoms with Gasteiger partial charge >= 0.3 is 0 Å². The topological polar surface area (TPSA) is 59.5 Å². The van der Waals surface area contributed by atoms with Gasteiger partial charge in [-0.3, -0.25) is 4.79 Å². The van der Waals surface area contributed by atoms with Gasteiger partial charge in [0.2, 0.25) is 0 Å². The minimum absolute atomic E-state index is 0.0623. The third-order valence-electron chi connectivity index (χ3n) is 2.50. The summed E-state index contributed by atoms with van der Waals surface area (Å²) < 4.78 is 5.23. The van der Waals surface area contributed by atoms with Gasteiger partial charge in [-0.15, -0.1) is 11.3 Å². The van der Waals surface area contributed by atoms with Crippen LogP contribution in [0.1, 0.15) is 21.0 Å². The van der Waals surface area contributed by atoms with Crippen molar-refractivity contribution in [1.82, 2.24) is 4.90 Å². The average molecular weight is 274 g/mol. The van der Waals surface area contributed by atoms with E-state index in [2.05, 4.69) is 11.8 Å². The van der Waals surface area contributed by atoms with Crippen molar-refractivity contribution in [2.45, 2.75) is 6.54 Å². The van der Waals surface area contributed by atoms with Crippen LogP contribution in [0.4, 0.5) is 0 Å². The Morgan fingerprint density at radius 1 is 1.53 bits per heavy atom. The Labute approximate surface area is 115 Å². The molecule has 1 amide bonds. The Morgan fingerprint density at radius 3 is 3.05 bits per heavy atom.